The molecule has 0 bridgehead atoms. The summed E-state index contributed by atoms with van der Waals surface area (Å²) < 4.78 is 0. The molecule has 1 aliphatic heterocycles. The van der Waals surface area contributed by atoms with Crippen LogP contribution in [0.25, 0.3) is 0 Å². The molecule has 0 fully saturated rings. The van der Waals surface area contributed by atoms with Crippen LogP contribution in [0.3, 0.4) is 0 Å². The Morgan fingerprint density at radius 1 is 1.50 bits per heavy atom. The first kappa shape index (κ1) is 11.0. The van der Waals surface area contributed by atoms with E-state index in [1.165, 1.54) is 0 Å². The predicted molar refractivity (Wildman–Crippen MR) is 66.2 cm³/mol. The molecule has 16 heavy (non-hydrogen) atoms. The standard InChI is InChI=1S/C11H12N2O2S/c14-10(15)7-8-3-1-2-4-9(8)13-11-12-5-6-16-11/h1-4H,5-7H2,(H,12,13)(H,14,15). The van der Waals surface area contributed by atoms with Crippen molar-refractivity contribution in [3.63, 3.8) is 0 Å². The molecule has 0 saturated carbocycles. The maximum Gasteiger partial charge on any atom is 0.307 e. The predicted octanol–water partition coefficient (Wildman–Crippen LogP) is 1.83. The fourth-order valence-electron chi connectivity index (χ4n) is 1.49. The van der Waals surface area contributed by atoms with Crippen LogP contribution in [0.15, 0.2) is 29.3 Å². The Balaban J connectivity index is 2.15. The number of aliphatic carboxylic acids is 1. The summed E-state index contributed by atoms with van der Waals surface area (Å²) in [5, 5.41) is 12.8. The average molecular weight is 236 g/mol. The first-order valence-corrected chi connectivity index (χ1v) is 5.98. The molecule has 0 radical (unpaired) electrons. The molecule has 0 unspecified atom stereocenters. The number of hydrogen-bond donors (Lipinski definition) is 2. The third-order valence-corrected chi connectivity index (χ3v) is 3.08. The van der Waals surface area contributed by atoms with Gasteiger partial charge in [-0.2, -0.15) is 0 Å². The number of carbonyl (C=O) groups is 1. The van der Waals surface area contributed by atoms with Gasteiger partial charge in [0, 0.05) is 11.4 Å². The van der Waals surface area contributed by atoms with E-state index in [1.54, 1.807) is 11.8 Å². The summed E-state index contributed by atoms with van der Waals surface area (Å²) in [6, 6.07) is 7.41. The zero-order valence-corrected chi connectivity index (χ0v) is 9.46. The van der Waals surface area contributed by atoms with E-state index in [-0.39, 0.29) is 6.42 Å². The monoisotopic (exact) mass is 236 g/mol. The van der Waals surface area contributed by atoms with Crippen molar-refractivity contribution in [3.8, 4) is 0 Å². The van der Waals surface area contributed by atoms with E-state index in [1.807, 2.05) is 24.3 Å². The van der Waals surface area contributed by atoms with Crippen molar-refractivity contribution < 1.29 is 9.90 Å². The molecule has 1 heterocycles. The zero-order chi connectivity index (χ0) is 11.4. The molecule has 0 amide bonds. The maximum absolute atomic E-state index is 10.7. The lowest BCUT2D eigenvalue weighted by molar-refractivity contribution is -0.136. The van der Waals surface area contributed by atoms with Crippen molar-refractivity contribution in [2.75, 3.05) is 17.6 Å². The van der Waals surface area contributed by atoms with Crippen molar-refractivity contribution in [1.29, 1.82) is 0 Å². The van der Waals surface area contributed by atoms with Gasteiger partial charge in [0.25, 0.3) is 0 Å². The molecule has 1 aromatic rings. The van der Waals surface area contributed by atoms with Crippen molar-refractivity contribution in [1.82, 2.24) is 0 Å². The second-order valence-electron chi connectivity index (χ2n) is 3.39. The highest BCUT2D eigenvalue weighted by Gasteiger charge is 2.10. The highest BCUT2D eigenvalue weighted by atomic mass is 32.2. The van der Waals surface area contributed by atoms with Gasteiger partial charge in [-0.3, -0.25) is 9.79 Å². The summed E-state index contributed by atoms with van der Waals surface area (Å²) in [5.41, 5.74) is 1.61. The molecule has 1 aliphatic rings. The number of rotatable bonds is 3. The van der Waals surface area contributed by atoms with Crippen molar-refractivity contribution in [3.05, 3.63) is 29.8 Å². The first-order chi connectivity index (χ1) is 7.75. The number of carboxylic acids is 1. The first-order valence-electron chi connectivity index (χ1n) is 4.99. The Hall–Kier alpha value is -1.49. The molecule has 84 valence electrons. The number of aliphatic imine (C=N–C) groups is 1. The Labute approximate surface area is 97.8 Å². The van der Waals surface area contributed by atoms with Crippen LogP contribution >= 0.6 is 11.8 Å². The van der Waals surface area contributed by atoms with Gasteiger partial charge in [0.05, 0.1) is 13.0 Å². The fraction of sp³-hybridized carbons (Fsp3) is 0.273. The summed E-state index contributed by atoms with van der Waals surface area (Å²) in [7, 11) is 0. The molecule has 0 saturated heterocycles. The molecule has 0 atom stereocenters. The summed E-state index contributed by atoms with van der Waals surface area (Å²) in [5.74, 6) is 0.166. The lowest BCUT2D eigenvalue weighted by Gasteiger charge is -2.09. The fourth-order valence-corrected chi connectivity index (χ4v) is 2.23. The molecule has 0 aromatic heterocycles. The van der Waals surface area contributed by atoms with Crippen molar-refractivity contribution in [2.45, 2.75) is 6.42 Å². The molecule has 5 heteroatoms. The largest absolute Gasteiger partial charge is 0.481 e. The zero-order valence-electron chi connectivity index (χ0n) is 8.64. The van der Waals surface area contributed by atoms with Crippen molar-refractivity contribution in [2.24, 2.45) is 4.99 Å². The quantitative estimate of drug-likeness (QED) is 0.840. The van der Waals surface area contributed by atoms with Gasteiger partial charge in [-0.05, 0) is 11.6 Å². The summed E-state index contributed by atoms with van der Waals surface area (Å²) in [6.07, 6.45) is 0.0289. The van der Waals surface area contributed by atoms with Crippen LogP contribution in [0.5, 0.6) is 0 Å². The molecule has 4 nitrogen and oxygen atoms in total. The number of carboxylic acid groups (broad SMARTS) is 1. The Morgan fingerprint density at radius 3 is 3.00 bits per heavy atom. The molecular weight excluding hydrogens is 224 g/mol. The van der Waals surface area contributed by atoms with Crippen LogP contribution < -0.4 is 5.32 Å². The van der Waals surface area contributed by atoms with Gasteiger partial charge in [-0.25, -0.2) is 0 Å². The molecule has 0 spiro atoms. The number of amidine groups is 1. The number of anilines is 1. The molecule has 2 rings (SSSR count). The molecular formula is C11H12N2O2S. The summed E-state index contributed by atoms with van der Waals surface area (Å²) >= 11 is 1.66. The topological polar surface area (TPSA) is 61.7 Å². The van der Waals surface area contributed by atoms with E-state index < -0.39 is 5.97 Å². The third kappa shape index (κ3) is 2.76. The van der Waals surface area contributed by atoms with Gasteiger partial charge in [-0.15, -0.1) is 0 Å². The van der Waals surface area contributed by atoms with E-state index in [0.717, 1.165) is 28.7 Å². The van der Waals surface area contributed by atoms with Gasteiger partial charge in [0.15, 0.2) is 5.17 Å². The van der Waals surface area contributed by atoms with Crippen LogP contribution in [0.1, 0.15) is 5.56 Å². The van der Waals surface area contributed by atoms with E-state index in [9.17, 15) is 4.79 Å². The number of para-hydroxylation sites is 1. The number of benzene rings is 1. The third-order valence-electron chi connectivity index (χ3n) is 2.19. The lowest BCUT2D eigenvalue weighted by Crippen LogP contribution is -2.09. The van der Waals surface area contributed by atoms with Crippen LogP contribution in [-0.4, -0.2) is 28.5 Å². The number of thioether (sulfide) groups is 1. The van der Waals surface area contributed by atoms with Gasteiger partial charge < -0.3 is 10.4 Å². The second-order valence-corrected chi connectivity index (χ2v) is 4.47. The Bertz CT molecular complexity index is 432. The minimum Gasteiger partial charge on any atom is -0.481 e. The molecule has 0 aliphatic carbocycles. The van der Waals surface area contributed by atoms with E-state index in [4.69, 9.17) is 5.11 Å². The Kier molecular flexibility index (Phi) is 3.46. The summed E-state index contributed by atoms with van der Waals surface area (Å²) in [4.78, 5) is 15.0. The smallest absolute Gasteiger partial charge is 0.307 e. The summed E-state index contributed by atoms with van der Waals surface area (Å²) in [6.45, 7) is 0.827. The number of nitrogens with zero attached hydrogens (tertiary/aromatic N) is 1. The van der Waals surface area contributed by atoms with E-state index in [0.29, 0.717) is 0 Å². The Morgan fingerprint density at radius 2 is 2.31 bits per heavy atom. The van der Waals surface area contributed by atoms with E-state index >= 15 is 0 Å². The highest BCUT2D eigenvalue weighted by Crippen LogP contribution is 2.20. The van der Waals surface area contributed by atoms with Gasteiger partial charge >= 0.3 is 5.97 Å². The van der Waals surface area contributed by atoms with Gasteiger partial charge in [-0.1, -0.05) is 30.0 Å². The van der Waals surface area contributed by atoms with E-state index in [2.05, 4.69) is 10.3 Å². The van der Waals surface area contributed by atoms with Gasteiger partial charge in [0.1, 0.15) is 0 Å². The van der Waals surface area contributed by atoms with Crippen LogP contribution in [0, 0.1) is 0 Å². The lowest BCUT2D eigenvalue weighted by atomic mass is 10.1. The van der Waals surface area contributed by atoms with Crippen LogP contribution in [0.2, 0.25) is 0 Å². The van der Waals surface area contributed by atoms with Crippen LogP contribution in [0.4, 0.5) is 5.69 Å². The molecule has 2 N–H and O–H groups in total. The highest BCUT2D eigenvalue weighted by molar-refractivity contribution is 8.14. The number of hydrogen-bond acceptors (Lipinski definition) is 4. The minimum atomic E-state index is -0.824. The van der Waals surface area contributed by atoms with Gasteiger partial charge in [0.2, 0.25) is 0 Å². The maximum atomic E-state index is 10.7. The minimum absolute atomic E-state index is 0.0289. The second kappa shape index (κ2) is 5.03. The molecule has 1 aromatic carbocycles. The number of nitrogens with one attached hydrogen (secondary N) is 1. The normalized spacial score (nSPS) is 14.6. The SMILES string of the molecule is O=C(O)Cc1ccccc1NC1=NCCS1. The van der Waals surface area contributed by atoms with Crippen molar-refractivity contribution >= 4 is 28.6 Å². The average Bonchev–Trinajstić information content (AvgIpc) is 2.73. The van der Waals surface area contributed by atoms with Crippen LogP contribution in [-0.2, 0) is 11.2 Å².